The van der Waals surface area contributed by atoms with Gasteiger partial charge in [0, 0.05) is 44.1 Å². The van der Waals surface area contributed by atoms with Crippen LogP contribution in [0.25, 0.3) is 0 Å². The molecule has 0 saturated carbocycles. The van der Waals surface area contributed by atoms with Gasteiger partial charge in [-0.1, -0.05) is 0 Å². The number of halogens is 1. The van der Waals surface area contributed by atoms with Crippen molar-refractivity contribution in [2.75, 3.05) is 19.6 Å². The second-order valence-electron chi connectivity index (χ2n) is 6.70. The molecule has 0 fully saturated rings. The third kappa shape index (κ3) is 7.90. The predicted octanol–water partition coefficient (Wildman–Crippen LogP) is 2.97. The van der Waals surface area contributed by atoms with E-state index < -0.39 is 0 Å². The predicted molar refractivity (Wildman–Crippen MR) is 122 cm³/mol. The molecular weight excluding hydrogens is 453 g/mol. The molecule has 2 heterocycles. The molecule has 0 aliphatic heterocycles. The fourth-order valence-corrected chi connectivity index (χ4v) is 2.99. The molecule has 0 aliphatic carbocycles. The molecule has 2 rings (SSSR count). The number of hydrogen-bond acceptors (Lipinski definition) is 3. The fourth-order valence-electron chi connectivity index (χ4n) is 2.99. The largest absolute Gasteiger partial charge is 0.357 e. The molecule has 0 aliphatic rings. The Kier molecular flexibility index (Phi) is 10.4. The zero-order chi connectivity index (χ0) is 18.9. The summed E-state index contributed by atoms with van der Waals surface area (Å²) in [5.41, 5.74) is 4.57. The summed E-state index contributed by atoms with van der Waals surface area (Å²) in [5.74, 6) is 0.884. The lowest BCUT2D eigenvalue weighted by molar-refractivity contribution is 0.553. The Labute approximate surface area is 180 Å². The Morgan fingerprint density at radius 2 is 1.48 bits per heavy atom. The SMILES string of the molecule is CCNC(=NCCCn1nc(C)cc1C)NCCCn1nc(C)cc1C.I. The summed E-state index contributed by atoms with van der Waals surface area (Å²) in [6, 6.07) is 4.22. The number of aliphatic imine (C=N–C) groups is 1. The number of aromatic nitrogens is 4. The van der Waals surface area contributed by atoms with E-state index in [1.165, 1.54) is 11.4 Å². The van der Waals surface area contributed by atoms with Gasteiger partial charge in [-0.25, -0.2) is 0 Å². The Balaban J connectivity index is 0.00000364. The number of aryl methyl sites for hydroxylation is 6. The van der Waals surface area contributed by atoms with E-state index in [2.05, 4.69) is 68.1 Å². The van der Waals surface area contributed by atoms with Crippen LogP contribution >= 0.6 is 24.0 Å². The van der Waals surface area contributed by atoms with E-state index >= 15 is 0 Å². The van der Waals surface area contributed by atoms with Gasteiger partial charge >= 0.3 is 0 Å². The minimum absolute atomic E-state index is 0. The zero-order valence-corrected chi connectivity index (χ0v) is 19.6. The van der Waals surface area contributed by atoms with E-state index in [4.69, 9.17) is 0 Å². The summed E-state index contributed by atoms with van der Waals surface area (Å²) in [6.07, 6.45) is 1.99. The van der Waals surface area contributed by atoms with Gasteiger partial charge < -0.3 is 10.6 Å². The second kappa shape index (κ2) is 12.0. The number of nitrogens with zero attached hydrogens (tertiary/aromatic N) is 5. The molecular formula is C19H34IN7. The van der Waals surface area contributed by atoms with E-state index in [0.717, 1.165) is 62.9 Å². The minimum atomic E-state index is 0. The standard InChI is InChI=1S/C19H33N7.HI/c1-6-20-19(21-9-7-11-25-17(4)13-15(2)23-25)22-10-8-12-26-18(5)14-16(3)24-26;/h13-14H,6-12H2,1-5H3,(H2,20,21,22);1H. The van der Waals surface area contributed by atoms with Crippen LogP contribution in [-0.4, -0.2) is 45.2 Å². The molecule has 0 aromatic carbocycles. The van der Waals surface area contributed by atoms with Crippen LogP contribution < -0.4 is 10.6 Å². The van der Waals surface area contributed by atoms with Crippen LogP contribution in [-0.2, 0) is 13.1 Å². The van der Waals surface area contributed by atoms with Crippen molar-refractivity contribution >= 4 is 29.9 Å². The maximum absolute atomic E-state index is 4.66. The second-order valence-corrected chi connectivity index (χ2v) is 6.70. The summed E-state index contributed by atoms with van der Waals surface area (Å²) < 4.78 is 4.12. The Hall–Kier alpha value is -1.58. The van der Waals surface area contributed by atoms with Gasteiger partial charge in [0.1, 0.15) is 0 Å². The van der Waals surface area contributed by atoms with E-state index in [0.29, 0.717) is 0 Å². The molecule has 7 nitrogen and oxygen atoms in total. The lowest BCUT2D eigenvalue weighted by Crippen LogP contribution is -2.38. The third-order valence-corrected chi connectivity index (χ3v) is 4.19. The highest BCUT2D eigenvalue weighted by Crippen LogP contribution is 2.03. The van der Waals surface area contributed by atoms with Crippen LogP contribution in [0.4, 0.5) is 0 Å². The summed E-state index contributed by atoms with van der Waals surface area (Å²) >= 11 is 0. The van der Waals surface area contributed by atoms with Crippen molar-refractivity contribution in [3.05, 3.63) is 34.9 Å². The first kappa shape index (κ1) is 23.5. The van der Waals surface area contributed by atoms with Gasteiger partial charge in [0.05, 0.1) is 11.4 Å². The lowest BCUT2D eigenvalue weighted by Gasteiger charge is -2.12. The van der Waals surface area contributed by atoms with E-state index in [1.54, 1.807) is 0 Å². The fraction of sp³-hybridized carbons (Fsp3) is 0.632. The van der Waals surface area contributed by atoms with Crippen molar-refractivity contribution in [3.63, 3.8) is 0 Å². The van der Waals surface area contributed by atoms with Crippen molar-refractivity contribution in [2.24, 2.45) is 4.99 Å². The summed E-state index contributed by atoms with van der Waals surface area (Å²) in [6.45, 7) is 14.7. The number of guanidine groups is 1. The van der Waals surface area contributed by atoms with Gasteiger partial charge in [-0.3, -0.25) is 14.4 Å². The minimum Gasteiger partial charge on any atom is -0.357 e. The van der Waals surface area contributed by atoms with Crippen LogP contribution in [0.2, 0.25) is 0 Å². The average molecular weight is 487 g/mol. The molecule has 0 atom stereocenters. The molecule has 0 bridgehead atoms. The molecule has 0 spiro atoms. The first-order valence-electron chi connectivity index (χ1n) is 9.54. The van der Waals surface area contributed by atoms with Gasteiger partial charge in [0.15, 0.2) is 5.96 Å². The maximum atomic E-state index is 4.66. The van der Waals surface area contributed by atoms with Gasteiger partial charge in [-0.15, -0.1) is 24.0 Å². The first-order chi connectivity index (χ1) is 12.5. The Morgan fingerprint density at radius 3 is 1.96 bits per heavy atom. The molecule has 0 radical (unpaired) electrons. The Bertz CT molecular complexity index is 718. The summed E-state index contributed by atoms with van der Waals surface area (Å²) in [5, 5.41) is 15.7. The highest BCUT2D eigenvalue weighted by atomic mass is 127. The van der Waals surface area contributed by atoms with Crippen molar-refractivity contribution in [1.82, 2.24) is 30.2 Å². The molecule has 0 unspecified atom stereocenters. The van der Waals surface area contributed by atoms with Crippen LogP contribution in [0.3, 0.4) is 0 Å². The van der Waals surface area contributed by atoms with Crippen LogP contribution in [0.15, 0.2) is 17.1 Å². The summed E-state index contributed by atoms with van der Waals surface area (Å²) in [7, 11) is 0. The van der Waals surface area contributed by atoms with Crippen molar-refractivity contribution in [3.8, 4) is 0 Å². The molecule has 2 N–H and O–H groups in total. The van der Waals surface area contributed by atoms with Crippen molar-refractivity contribution in [1.29, 1.82) is 0 Å². The third-order valence-electron chi connectivity index (χ3n) is 4.19. The first-order valence-corrected chi connectivity index (χ1v) is 9.54. The molecule has 2 aromatic heterocycles. The number of nitrogens with one attached hydrogen (secondary N) is 2. The average Bonchev–Trinajstić information content (AvgIpc) is 3.08. The Morgan fingerprint density at radius 1 is 0.926 bits per heavy atom. The van der Waals surface area contributed by atoms with Crippen molar-refractivity contribution in [2.45, 2.75) is 60.5 Å². The smallest absolute Gasteiger partial charge is 0.191 e. The highest BCUT2D eigenvalue weighted by molar-refractivity contribution is 14.0. The highest BCUT2D eigenvalue weighted by Gasteiger charge is 2.02. The molecule has 0 amide bonds. The van der Waals surface area contributed by atoms with Crippen LogP contribution in [0.5, 0.6) is 0 Å². The van der Waals surface area contributed by atoms with Crippen LogP contribution in [0, 0.1) is 27.7 Å². The van der Waals surface area contributed by atoms with E-state index in [1.807, 2.05) is 13.8 Å². The van der Waals surface area contributed by atoms with E-state index in [9.17, 15) is 0 Å². The molecule has 0 saturated heterocycles. The topological polar surface area (TPSA) is 72.1 Å². The molecule has 2 aromatic rings. The molecule has 152 valence electrons. The normalized spacial score (nSPS) is 11.4. The number of rotatable bonds is 9. The quantitative estimate of drug-likeness (QED) is 0.247. The van der Waals surface area contributed by atoms with Gasteiger partial charge in [0.2, 0.25) is 0 Å². The van der Waals surface area contributed by atoms with Gasteiger partial charge in [0.25, 0.3) is 0 Å². The maximum Gasteiger partial charge on any atom is 0.191 e. The molecule has 27 heavy (non-hydrogen) atoms. The lowest BCUT2D eigenvalue weighted by atomic mass is 10.4. The van der Waals surface area contributed by atoms with Gasteiger partial charge in [-0.05, 0) is 59.6 Å². The summed E-state index contributed by atoms with van der Waals surface area (Å²) in [4.78, 5) is 4.66. The number of hydrogen-bond donors (Lipinski definition) is 2. The van der Waals surface area contributed by atoms with Gasteiger partial charge in [-0.2, -0.15) is 10.2 Å². The van der Waals surface area contributed by atoms with Crippen LogP contribution in [0.1, 0.15) is 42.5 Å². The zero-order valence-electron chi connectivity index (χ0n) is 17.2. The molecule has 8 heteroatoms. The van der Waals surface area contributed by atoms with Crippen molar-refractivity contribution < 1.29 is 0 Å². The monoisotopic (exact) mass is 487 g/mol. The van der Waals surface area contributed by atoms with E-state index in [-0.39, 0.29) is 24.0 Å².